The van der Waals surface area contributed by atoms with Gasteiger partial charge in [0.15, 0.2) is 11.2 Å². The minimum atomic E-state index is 0.0376. The number of fused-ring (bicyclic) bond motifs is 9. The summed E-state index contributed by atoms with van der Waals surface area (Å²) in [7, 11) is 0. The highest BCUT2D eigenvalue weighted by Crippen LogP contribution is 2.51. The van der Waals surface area contributed by atoms with Crippen molar-refractivity contribution in [1.82, 2.24) is 0 Å². The summed E-state index contributed by atoms with van der Waals surface area (Å²) in [5.74, 6) is 1.48. The molecular formula is C64H48N2O2S. The number of benzene rings is 8. The molecule has 2 aliphatic carbocycles. The van der Waals surface area contributed by atoms with Crippen molar-refractivity contribution in [3.63, 3.8) is 0 Å². The van der Waals surface area contributed by atoms with E-state index in [1.54, 1.807) is 0 Å². The SMILES string of the molecule is CC1C=Cc2c(oc3c(N(c4cc(N(c5ccccc5)c5cccc6c5oc5ccccc56)c5c(c4)sc4ccc(/C(=C\Cc6ccccc6)c6ccccc6)cc45)C4C=CC=CC4)cccc23)C1. The van der Waals surface area contributed by atoms with Crippen LogP contribution in [0.15, 0.2) is 227 Å². The van der Waals surface area contributed by atoms with E-state index in [9.17, 15) is 0 Å². The first-order chi connectivity index (χ1) is 34.1. The molecule has 0 saturated carbocycles. The average molecular weight is 909 g/mol. The molecule has 0 aliphatic heterocycles. The van der Waals surface area contributed by atoms with Gasteiger partial charge in [0.1, 0.15) is 11.3 Å². The van der Waals surface area contributed by atoms with E-state index in [2.05, 4.69) is 241 Å². The fraction of sp³-hybridized carbons (Fsp3) is 0.0938. The third kappa shape index (κ3) is 7.29. The van der Waals surface area contributed by atoms with Crippen molar-refractivity contribution in [1.29, 1.82) is 0 Å². The van der Waals surface area contributed by atoms with Gasteiger partial charge in [0.25, 0.3) is 0 Å². The molecule has 0 saturated heterocycles. The number of thiophene rings is 1. The van der Waals surface area contributed by atoms with Crippen LogP contribution in [0.4, 0.5) is 28.4 Å². The van der Waals surface area contributed by atoms with Crippen molar-refractivity contribution in [2.45, 2.75) is 32.2 Å². The highest BCUT2D eigenvalue weighted by molar-refractivity contribution is 7.26. The molecule has 4 nitrogen and oxygen atoms in total. The minimum Gasteiger partial charge on any atom is -0.458 e. The van der Waals surface area contributed by atoms with Gasteiger partial charge in [-0.05, 0) is 95.6 Å². The summed E-state index contributed by atoms with van der Waals surface area (Å²) in [5.41, 5.74) is 14.0. The van der Waals surface area contributed by atoms with Gasteiger partial charge in [-0.1, -0.05) is 177 Å². The summed E-state index contributed by atoms with van der Waals surface area (Å²) in [5, 5.41) is 5.74. The Balaban J connectivity index is 1.10. The fourth-order valence-corrected chi connectivity index (χ4v) is 11.8. The number of furan rings is 2. The molecule has 0 radical (unpaired) electrons. The molecule has 0 fully saturated rings. The second-order valence-corrected chi connectivity index (χ2v) is 19.5. The van der Waals surface area contributed by atoms with Gasteiger partial charge < -0.3 is 18.6 Å². The quantitative estimate of drug-likeness (QED) is 0.137. The summed E-state index contributed by atoms with van der Waals surface area (Å²) < 4.78 is 16.3. The molecule has 0 spiro atoms. The highest BCUT2D eigenvalue weighted by Gasteiger charge is 2.30. The Morgan fingerprint density at radius 3 is 2.16 bits per heavy atom. The minimum absolute atomic E-state index is 0.0376. The largest absolute Gasteiger partial charge is 0.458 e. The molecule has 5 heteroatoms. The maximum atomic E-state index is 6.97. The van der Waals surface area contributed by atoms with Crippen molar-refractivity contribution in [2.24, 2.45) is 5.92 Å². The fourth-order valence-electron chi connectivity index (χ4n) is 10.7. The van der Waals surface area contributed by atoms with Crippen molar-refractivity contribution in [3.05, 3.63) is 246 Å². The van der Waals surface area contributed by atoms with Gasteiger partial charge >= 0.3 is 0 Å². The molecule has 8 aromatic carbocycles. The molecular weight excluding hydrogens is 861 g/mol. The molecule has 332 valence electrons. The van der Waals surface area contributed by atoms with E-state index in [4.69, 9.17) is 8.83 Å². The Labute approximate surface area is 405 Å². The van der Waals surface area contributed by atoms with E-state index in [1.807, 2.05) is 11.3 Å². The zero-order valence-electron chi connectivity index (χ0n) is 38.3. The molecule has 3 aromatic heterocycles. The zero-order valence-corrected chi connectivity index (χ0v) is 39.1. The molecule has 0 bridgehead atoms. The lowest BCUT2D eigenvalue weighted by Gasteiger charge is -2.34. The van der Waals surface area contributed by atoms with E-state index < -0.39 is 0 Å². The summed E-state index contributed by atoms with van der Waals surface area (Å²) in [6.07, 6.45) is 18.5. The first-order valence-electron chi connectivity index (χ1n) is 24.0. The number of allylic oxidation sites excluding steroid dienone is 4. The zero-order chi connectivity index (χ0) is 45.8. The lowest BCUT2D eigenvalue weighted by atomic mass is 9.94. The van der Waals surface area contributed by atoms with Gasteiger partial charge in [-0.25, -0.2) is 0 Å². The van der Waals surface area contributed by atoms with Crippen molar-refractivity contribution < 1.29 is 8.83 Å². The maximum Gasteiger partial charge on any atom is 0.159 e. The molecule has 0 N–H and O–H groups in total. The second-order valence-electron chi connectivity index (χ2n) is 18.4. The summed E-state index contributed by atoms with van der Waals surface area (Å²) in [6, 6.07) is 65.9. The number of anilines is 5. The number of hydrogen-bond acceptors (Lipinski definition) is 5. The predicted molar refractivity (Wildman–Crippen MR) is 292 cm³/mol. The van der Waals surface area contributed by atoms with Crippen molar-refractivity contribution in [2.75, 3.05) is 9.80 Å². The van der Waals surface area contributed by atoms with E-state index in [1.165, 1.54) is 48.0 Å². The van der Waals surface area contributed by atoms with Gasteiger partial charge in [-0.2, -0.15) is 0 Å². The van der Waals surface area contributed by atoms with E-state index in [0.29, 0.717) is 5.92 Å². The smallest absolute Gasteiger partial charge is 0.159 e. The Hall–Kier alpha value is -8.12. The third-order valence-electron chi connectivity index (χ3n) is 13.9. The maximum absolute atomic E-state index is 6.97. The summed E-state index contributed by atoms with van der Waals surface area (Å²) >= 11 is 1.86. The van der Waals surface area contributed by atoms with Crippen LogP contribution in [0.1, 0.15) is 41.4 Å². The third-order valence-corrected chi connectivity index (χ3v) is 15.0. The van der Waals surface area contributed by atoms with Gasteiger partial charge in [-0.3, -0.25) is 0 Å². The normalized spacial score (nSPS) is 15.8. The number of rotatable bonds is 10. The van der Waals surface area contributed by atoms with Gasteiger partial charge in [-0.15, -0.1) is 11.3 Å². The first kappa shape index (κ1) is 41.1. The van der Waals surface area contributed by atoms with E-state index >= 15 is 0 Å². The molecule has 2 aliphatic rings. The van der Waals surface area contributed by atoms with Crippen LogP contribution in [0.5, 0.6) is 0 Å². The van der Waals surface area contributed by atoms with Gasteiger partial charge in [0, 0.05) is 59.7 Å². The molecule has 13 rings (SSSR count). The Kier molecular flexibility index (Phi) is 10.2. The molecule has 11 aromatic rings. The van der Waals surface area contributed by atoms with E-state index in [-0.39, 0.29) is 6.04 Å². The molecule has 2 atom stereocenters. The Morgan fingerprint density at radius 1 is 0.594 bits per heavy atom. The standard InChI is InChI=1S/C64H48N2O2S/c1-42-32-35-51-53-28-16-29-55(63(53)68-59(51)38-42)65(46-22-10-4-11-23-46)48-40-57(66(47-24-12-5-13-25-47)56-30-17-27-52-50-26-14-15-31-58(50)67-64(52)56)62-54-39-45(34-37-60(54)69-61(62)41-48)49(44-20-8-3-9-21-44)36-33-43-18-6-2-7-19-43/h2-22,24-32,34-37,39-42,46H,23,33,38H2,1H3/b49-36-. The highest BCUT2D eigenvalue weighted by atomic mass is 32.1. The topological polar surface area (TPSA) is 32.8 Å². The summed E-state index contributed by atoms with van der Waals surface area (Å²) in [4.78, 5) is 4.96. The van der Waals surface area contributed by atoms with Gasteiger partial charge in [0.2, 0.25) is 0 Å². The second kappa shape index (κ2) is 17.2. The van der Waals surface area contributed by atoms with E-state index in [0.717, 1.165) is 86.4 Å². The lowest BCUT2D eigenvalue weighted by molar-refractivity contribution is 0.513. The first-order valence-corrected chi connectivity index (χ1v) is 24.9. The van der Waals surface area contributed by atoms with Crippen LogP contribution < -0.4 is 9.80 Å². The monoisotopic (exact) mass is 908 g/mol. The van der Waals surface area contributed by atoms with Crippen LogP contribution in [0.2, 0.25) is 0 Å². The lowest BCUT2D eigenvalue weighted by Crippen LogP contribution is -2.30. The van der Waals surface area contributed by atoms with Crippen LogP contribution in [-0.4, -0.2) is 6.04 Å². The molecule has 69 heavy (non-hydrogen) atoms. The Bertz CT molecular complexity index is 3850. The Morgan fingerprint density at radius 2 is 1.33 bits per heavy atom. The van der Waals surface area contributed by atoms with Gasteiger partial charge in [0.05, 0.1) is 23.1 Å². The molecule has 0 amide bonds. The average Bonchev–Trinajstić information content (AvgIpc) is 4.09. The summed E-state index contributed by atoms with van der Waals surface area (Å²) in [6.45, 7) is 2.26. The number of nitrogens with zero attached hydrogens (tertiary/aromatic N) is 2. The number of para-hydroxylation sites is 4. The number of hydrogen-bond donors (Lipinski definition) is 0. The van der Waals surface area contributed by atoms with Crippen LogP contribution in [0.3, 0.4) is 0 Å². The van der Waals surface area contributed by atoms with Crippen LogP contribution >= 0.6 is 11.3 Å². The van der Waals surface area contributed by atoms with Crippen molar-refractivity contribution in [3.8, 4) is 0 Å². The van der Waals surface area contributed by atoms with Crippen molar-refractivity contribution >= 4 is 105 Å². The molecule has 2 unspecified atom stereocenters. The van der Waals surface area contributed by atoms with Crippen LogP contribution in [0, 0.1) is 5.92 Å². The van der Waals surface area contributed by atoms with Crippen LogP contribution in [-0.2, 0) is 12.8 Å². The molecule has 3 heterocycles. The van der Waals surface area contributed by atoms with Crippen LogP contribution in [0.25, 0.3) is 64.7 Å². The predicted octanol–water partition coefficient (Wildman–Crippen LogP) is 18.1.